The van der Waals surface area contributed by atoms with Crippen LogP contribution in [-0.4, -0.2) is 56.7 Å². The fourth-order valence-corrected chi connectivity index (χ4v) is 2.67. The van der Waals surface area contributed by atoms with Gasteiger partial charge in [0.15, 0.2) is 0 Å². The molecule has 1 aliphatic heterocycles. The summed E-state index contributed by atoms with van der Waals surface area (Å²) in [4.78, 5) is 27.9. The molecule has 1 aromatic carbocycles. The van der Waals surface area contributed by atoms with Gasteiger partial charge in [-0.15, -0.1) is 0 Å². The molecule has 0 radical (unpaired) electrons. The van der Waals surface area contributed by atoms with Crippen molar-refractivity contribution in [1.29, 1.82) is 0 Å². The van der Waals surface area contributed by atoms with Gasteiger partial charge in [0.05, 0.1) is 12.8 Å². The summed E-state index contributed by atoms with van der Waals surface area (Å²) in [6, 6.07) is 5.21. The summed E-state index contributed by atoms with van der Waals surface area (Å²) in [7, 11) is 3.05. The normalized spacial score (nSPS) is 18.5. The number of hydrogen-bond donors (Lipinski definition) is 0. The minimum Gasteiger partial charge on any atom is -0.495 e. The van der Waals surface area contributed by atoms with Crippen molar-refractivity contribution < 1.29 is 19.1 Å². The number of ether oxygens (including phenoxy) is 2. The number of aryl methyl sites for hydroxylation is 1. The van der Waals surface area contributed by atoms with E-state index in [0.717, 1.165) is 11.3 Å². The van der Waals surface area contributed by atoms with Crippen LogP contribution in [0.15, 0.2) is 18.2 Å². The Morgan fingerprint density at radius 1 is 1.32 bits per heavy atom. The number of amides is 2. The first-order chi connectivity index (χ1) is 10.5. The van der Waals surface area contributed by atoms with E-state index in [1.165, 1.54) is 7.11 Å². The molecular weight excluding hydrogens is 284 g/mol. The second-order valence-corrected chi connectivity index (χ2v) is 5.36. The van der Waals surface area contributed by atoms with E-state index >= 15 is 0 Å². The smallest absolute Gasteiger partial charge is 0.249 e. The van der Waals surface area contributed by atoms with Crippen LogP contribution in [-0.2, 0) is 14.3 Å². The average molecular weight is 306 g/mol. The van der Waals surface area contributed by atoms with Gasteiger partial charge in [-0.05, 0) is 31.5 Å². The number of anilines is 1. The van der Waals surface area contributed by atoms with Gasteiger partial charge in [-0.3, -0.25) is 9.59 Å². The van der Waals surface area contributed by atoms with Crippen molar-refractivity contribution in [1.82, 2.24) is 4.90 Å². The molecule has 1 aromatic rings. The standard InChI is InChI=1S/C16H22N2O4/c1-11-5-6-14(22-4)13(9-11)18-8-7-17(12(2)16(18)20)15(19)10-21-3/h5-6,9,12H,7-8,10H2,1-4H3. The predicted molar refractivity (Wildman–Crippen MR) is 83.1 cm³/mol. The van der Waals surface area contributed by atoms with Crippen LogP contribution in [0, 0.1) is 6.92 Å². The van der Waals surface area contributed by atoms with Crippen molar-refractivity contribution in [2.45, 2.75) is 19.9 Å². The van der Waals surface area contributed by atoms with Gasteiger partial charge in [-0.2, -0.15) is 0 Å². The SMILES string of the molecule is COCC(=O)N1CCN(c2cc(C)ccc2OC)C(=O)C1C. The van der Waals surface area contributed by atoms with Crippen molar-refractivity contribution in [2.24, 2.45) is 0 Å². The maximum Gasteiger partial charge on any atom is 0.249 e. The van der Waals surface area contributed by atoms with Crippen molar-refractivity contribution in [3.63, 3.8) is 0 Å². The molecule has 2 amide bonds. The van der Waals surface area contributed by atoms with Crippen molar-refractivity contribution >= 4 is 17.5 Å². The largest absolute Gasteiger partial charge is 0.495 e. The highest BCUT2D eigenvalue weighted by Crippen LogP contribution is 2.31. The molecule has 1 fully saturated rings. The maximum absolute atomic E-state index is 12.7. The first kappa shape index (κ1) is 16.3. The number of nitrogens with zero attached hydrogens (tertiary/aromatic N) is 2. The van der Waals surface area contributed by atoms with Crippen LogP contribution in [0.2, 0.25) is 0 Å². The molecule has 2 rings (SSSR count). The summed E-state index contributed by atoms with van der Waals surface area (Å²) in [5, 5.41) is 0. The summed E-state index contributed by atoms with van der Waals surface area (Å²) in [6.07, 6.45) is 0. The van der Waals surface area contributed by atoms with E-state index in [1.807, 2.05) is 25.1 Å². The molecule has 6 heteroatoms. The lowest BCUT2D eigenvalue weighted by Crippen LogP contribution is -2.58. The fourth-order valence-electron chi connectivity index (χ4n) is 2.67. The third-order valence-corrected chi connectivity index (χ3v) is 3.87. The summed E-state index contributed by atoms with van der Waals surface area (Å²) in [6.45, 7) is 4.62. The average Bonchev–Trinajstić information content (AvgIpc) is 2.50. The lowest BCUT2D eigenvalue weighted by atomic mass is 10.1. The van der Waals surface area contributed by atoms with Gasteiger partial charge in [0.2, 0.25) is 11.8 Å². The van der Waals surface area contributed by atoms with Crippen LogP contribution in [0.4, 0.5) is 5.69 Å². The maximum atomic E-state index is 12.7. The van der Waals surface area contributed by atoms with Crippen molar-refractivity contribution in [2.75, 3.05) is 38.8 Å². The van der Waals surface area contributed by atoms with E-state index < -0.39 is 6.04 Å². The molecule has 1 aliphatic rings. The van der Waals surface area contributed by atoms with Crippen LogP contribution in [0.25, 0.3) is 0 Å². The topological polar surface area (TPSA) is 59.1 Å². The number of rotatable bonds is 4. The monoisotopic (exact) mass is 306 g/mol. The van der Waals surface area contributed by atoms with E-state index in [-0.39, 0.29) is 18.4 Å². The number of hydrogen-bond acceptors (Lipinski definition) is 4. The fraction of sp³-hybridized carbons (Fsp3) is 0.500. The molecule has 0 aliphatic carbocycles. The van der Waals surface area contributed by atoms with E-state index in [9.17, 15) is 9.59 Å². The molecule has 0 spiro atoms. The second-order valence-electron chi connectivity index (χ2n) is 5.36. The third-order valence-electron chi connectivity index (χ3n) is 3.87. The summed E-state index contributed by atoms with van der Waals surface area (Å²) < 4.78 is 10.2. The van der Waals surface area contributed by atoms with Crippen LogP contribution in [0.1, 0.15) is 12.5 Å². The molecule has 1 unspecified atom stereocenters. The molecule has 6 nitrogen and oxygen atoms in total. The zero-order valence-corrected chi connectivity index (χ0v) is 13.5. The Hall–Kier alpha value is -2.08. The second kappa shape index (κ2) is 6.79. The molecule has 1 saturated heterocycles. The minimum absolute atomic E-state index is 0.00855. The molecule has 1 heterocycles. The quantitative estimate of drug-likeness (QED) is 0.839. The molecule has 0 aromatic heterocycles. The number of benzene rings is 1. The predicted octanol–water partition coefficient (Wildman–Crippen LogP) is 1.21. The van der Waals surface area contributed by atoms with Gasteiger partial charge in [0, 0.05) is 20.2 Å². The zero-order valence-electron chi connectivity index (χ0n) is 13.5. The summed E-state index contributed by atoms with van der Waals surface area (Å²) in [5.74, 6) is 0.377. The van der Waals surface area contributed by atoms with E-state index in [0.29, 0.717) is 18.8 Å². The summed E-state index contributed by atoms with van der Waals surface area (Å²) in [5.41, 5.74) is 1.80. The zero-order chi connectivity index (χ0) is 16.3. The van der Waals surface area contributed by atoms with Crippen LogP contribution >= 0.6 is 0 Å². The highest BCUT2D eigenvalue weighted by atomic mass is 16.5. The number of carbonyl (C=O) groups is 2. The van der Waals surface area contributed by atoms with Crippen LogP contribution in [0.3, 0.4) is 0 Å². The first-order valence-corrected chi connectivity index (χ1v) is 7.24. The Balaban J connectivity index is 2.25. The highest BCUT2D eigenvalue weighted by Gasteiger charge is 2.35. The van der Waals surface area contributed by atoms with E-state index in [1.54, 1.807) is 23.8 Å². The molecule has 22 heavy (non-hydrogen) atoms. The Kier molecular flexibility index (Phi) is 5.03. The van der Waals surface area contributed by atoms with Gasteiger partial charge >= 0.3 is 0 Å². The van der Waals surface area contributed by atoms with Crippen molar-refractivity contribution in [3.05, 3.63) is 23.8 Å². The number of carbonyl (C=O) groups excluding carboxylic acids is 2. The van der Waals surface area contributed by atoms with Crippen LogP contribution in [0.5, 0.6) is 5.75 Å². The van der Waals surface area contributed by atoms with Gasteiger partial charge in [-0.1, -0.05) is 6.07 Å². The Morgan fingerprint density at radius 3 is 2.68 bits per heavy atom. The van der Waals surface area contributed by atoms with Gasteiger partial charge in [-0.25, -0.2) is 0 Å². The number of methoxy groups -OCH3 is 2. The highest BCUT2D eigenvalue weighted by molar-refractivity contribution is 6.01. The van der Waals surface area contributed by atoms with Crippen LogP contribution < -0.4 is 9.64 Å². The lowest BCUT2D eigenvalue weighted by Gasteiger charge is -2.39. The summed E-state index contributed by atoms with van der Waals surface area (Å²) >= 11 is 0. The first-order valence-electron chi connectivity index (χ1n) is 7.24. The Labute approximate surface area is 130 Å². The van der Waals surface area contributed by atoms with Gasteiger partial charge in [0.1, 0.15) is 18.4 Å². The molecular formula is C16H22N2O4. The Morgan fingerprint density at radius 2 is 2.05 bits per heavy atom. The Bertz CT molecular complexity index is 573. The van der Waals surface area contributed by atoms with Gasteiger partial charge in [0.25, 0.3) is 0 Å². The molecule has 0 saturated carbocycles. The molecule has 120 valence electrons. The minimum atomic E-state index is -0.512. The van der Waals surface area contributed by atoms with E-state index in [2.05, 4.69) is 0 Å². The van der Waals surface area contributed by atoms with Gasteiger partial charge < -0.3 is 19.3 Å². The molecule has 1 atom stereocenters. The molecule has 0 bridgehead atoms. The third kappa shape index (κ3) is 3.06. The number of piperazine rings is 1. The molecule has 0 N–H and O–H groups in total. The van der Waals surface area contributed by atoms with E-state index in [4.69, 9.17) is 9.47 Å². The lowest BCUT2D eigenvalue weighted by molar-refractivity contribution is -0.143. The van der Waals surface area contributed by atoms with Crippen molar-refractivity contribution in [3.8, 4) is 5.75 Å².